The molecule has 11 heavy (non-hydrogen) atoms. The van der Waals surface area contributed by atoms with Crippen LogP contribution in [0.1, 0.15) is 26.7 Å². The summed E-state index contributed by atoms with van der Waals surface area (Å²) in [5, 5.41) is 7.39. The Balaban J connectivity index is 2.37. The van der Waals surface area contributed by atoms with E-state index in [1.54, 1.807) is 6.21 Å². The van der Waals surface area contributed by atoms with Crippen molar-refractivity contribution >= 4 is 6.21 Å². The van der Waals surface area contributed by atoms with Gasteiger partial charge in [0.25, 0.3) is 0 Å². The fraction of sp³-hybridized carbons (Fsp3) is 0.875. The molecular formula is C8H17N3. The molecule has 1 heterocycles. The second-order valence-electron chi connectivity index (χ2n) is 3.31. The Morgan fingerprint density at radius 3 is 2.64 bits per heavy atom. The maximum absolute atomic E-state index is 4.06. The molecule has 0 bridgehead atoms. The summed E-state index contributed by atoms with van der Waals surface area (Å²) >= 11 is 0. The Bertz CT molecular complexity index is 136. The van der Waals surface area contributed by atoms with Crippen molar-refractivity contribution in [1.82, 2.24) is 10.7 Å². The van der Waals surface area contributed by atoms with Crippen molar-refractivity contribution in [3.05, 3.63) is 0 Å². The molecule has 3 nitrogen and oxygen atoms in total. The van der Waals surface area contributed by atoms with Crippen molar-refractivity contribution < 1.29 is 0 Å². The van der Waals surface area contributed by atoms with Crippen LogP contribution in [0.5, 0.6) is 0 Å². The van der Waals surface area contributed by atoms with Gasteiger partial charge in [0.1, 0.15) is 0 Å². The van der Waals surface area contributed by atoms with Gasteiger partial charge in [-0.3, -0.25) is 0 Å². The van der Waals surface area contributed by atoms with Gasteiger partial charge in [-0.25, -0.2) is 0 Å². The normalized spacial score (nSPS) is 23.8. The SMILES string of the molecule is C/C=N\NC1(C)CCNCC1. The van der Waals surface area contributed by atoms with Crippen molar-refractivity contribution in [2.45, 2.75) is 32.2 Å². The minimum Gasteiger partial charge on any atom is -0.317 e. The van der Waals surface area contributed by atoms with E-state index in [2.05, 4.69) is 22.8 Å². The molecule has 0 aliphatic carbocycles. The zero-order chi connectivity index (χ0) is 8.16. The third-order valence-corrected chi connectivity index (χ3v) is 2.17. The third kappa shape index (κ3) is 2.50. The van der Waals surface area contributed by atoms with Crippen LogP contribution in [0.4, 0.5) is 0 Å². The van der Waals surface area contributed by atoms with Gasteiger partial charge in [0.15, 0.2) is 0 Å². The molecule has 0 unspecified atom stereocenters. The van der Waals surface area contributed by atoms with Crippen LogP contribution in [0.25, 0.3) is 0 Å². The summed E-state index contributed by atoms with van der Waals surface area (Å²) in [4.78, 5) is 0. The minimum atomic E-state index is 0.220. The summed E-state index contributed by atoms with van der Waals surface area (Å²) in [6.45, 7) is 6.35. The number of rotatable bonds is 2. The van der Waals surface area contributed by atoms with E-state index >= 15 is 0 Å². The molecule has 0 saturated carbocycles. The van der Waals surface area contributed by atoms with Gasteiger partial charge in [0.2, 0.25) is 0 Å². The van der Waals surface area contributed by atoms with Gasteiger partial charge >= 0.3 is 0 Å². The molecule has 0 amide bonds. The molecule has 0 atom stereocenters. The zero-order valence-corrected chi connectivity index (χ0v) is 7.35. The van der Waals surface area contributed by atoms with Gasteiger partial charge in [-0.05, 0) is 39.8 Å². The molecule has 0 aromatic heterocycles. The largest absolute Gasteiger partial charge is 0.317 e. The van der Waals surface area contributed by atoms with E-state index in [9.17, 15) is 0 Å². The quantitative estimate of drug-likeness (QED) is 0.455. The van der Waals surface area contributed by atoms with E-state index in [1.807, 2.05) is 6.92 Å². The molecule has 1 aliphatic rings. The van der Waals surface area contributed by atoms with E-state index in [0.29, 0.717) is 0 Å². The average molecular weight is 155 g/mol. The number of hydrazone groups is 1. The molecule has 0 radical (unpaired) electrons. The topological polar surface area (TPSA) is 36.4 Å². The van der Waals surface area contributed by atoms with Gasteiger partial charge in [0.05, 0.1) is 5.54 Å². The van der Waals surface area contributed by atoms with Gasteiger partial charge < -0.3 is 10.7 Å². The highest BCUT2D eigenvalue weighted by molar-refractivity contribution is 5.52. The van der Waals surface area contributed by atoms with Crippen LogP contribution in [0.15, 0.2) is 5.10 Å². The molecule has 2 N–H and O–H groups in total. The molecule has 1 aliphatic heterocycles. The third-order valence-electron chi connectivity index (χ3n) is 2.17. The Kier molecular flexibility index (Phi) is 2.88. The summed E-state index contributed by atoms with van der Waals surface area (Å²) in [6, 6.07) is 0. The molecule has 0 aromatic rings. The van der Waals surface area contributed by atoms with Crippen LogP contribution in [0.3, 0.4) is 0 Å². The van der Waals surface area contributed by atoms with Gasteiger partial charge in [-0.2, -0.15) is 5.10 Å². The Morgan fingerprint density at radius 2 is 2.09 bits per heavy atom. The number of hydrogen-bond donors (Lipinski definition) is 2. The Hall–Kier alpha value is -0.570. The van der Waals surface area contributed by atoms with Gasteiger partial charge in [-0.1, -0.05) is 0 Å². The lowest BCUT2D eigenvalue weighted by molar-refractivity contribution is 0.272. The highest BCUT2D eigenvalue weighted by Crippen LogP contribution is 2.16. The number of piperidine rings is 1. The van der Waals surface area contributed by atoms with E-state index in [1.165, 1.54) is 0 Å². The van der Waals surface area contributed by atoms with E-state index < -0.39 is 0 Å². The molecule has 3 heteroatoms. The van der Waals surface area contributed by atoms with Crippen molar-refractivity contribution in [1.29, 1.82) is 0 Å². The molecule has 1 fully saturated rings. The first-order chi connectivity index (χ1) is 5.27. The molecule has 64 valence electrons. The van der Waals surface area contributed by atoms with Crippen LogP contribution in [0, 0.1) is 0 Å². The fourth-order valence-electron chi connectivity index (χ4n) is 1.31. The smallest absolute Gasteiger partial charge is 0.0544 e. The van der Waals surface area contributed by atoms with Crippen molar-refractivity contribution in [2.24, 2.45) is 5.10 Å². The number of nitrogens with zero attached hydrogens (tertiary/aromatic N) is 1. The summed E-state index contributed by atoms with van der Waals surface area (Å²) in [6.07, 6.45) is 4.11. The fourth-order valence-corrected chi connectivity index (χ4v) is 1.31. The Labute approximate surface area is 68.3 Å². The van der Waals surface area contributed by atoms with Gasteiger partial charge in [-0.15, -0.1) is 0 Å². The van der Waals surface area contributed by atoms with E-state index in [0.717, 1.165) is 25.9 Å². The number of nitrogens with one attached hydrogen (secondary N) is 2. The monoisotopic (exact) mass is 155 g/mol. The standard InChI is InChI=1S/C8H17N3/c1-3-10-11-8(2)4-6-9-7-5-8/h3,9,11H,4-7H2,1-2H3/b10-3-. The lowest BCUT2D eigenvalue weighted by Gasteiger charge is -2.33. The average Bonchev–Trinajstić information content (AvgIpc) is 2.03. The van der Waals surface area contributed by atoms with E-state index in [4.69, 9.17) is 0 Å². The zero-order valence-electron chi connectivity index (χ0n) is 7.35. The summed E-state index contributed by atoms with van der Waals surface area (Å²) in [5.74, 6) is 0. The van der Waals surface area contributed by atoms with Crippen molar-refractivity contribution in [3.63, 3.8) is 0 Å². The molecule has 0 spiro atoms. The predicted molar refractivity (Wildman–Crippen MR) is 47.8 cm³/mol. The maximum atomic E-state index is 4.06. The molecule has 1 saturated heterocycles. The summed E-state index contributed by atoms with van der Waals surface area (Å²) < 4.78 is 0. The van der Waals surface area contributed by atoms with Crippen LogP contribution >= 0.6 is 0 Å². The van der Waals surface area contributed by atoms with Crippen LogP contribution in [0.2, 0.25) is 0 Å². The van der Waals surface area contributed by atoms with Crippen LogP contribution < -0.4 is 10.7 Å². The van der Waals surface area contributed by atoms with Crippen molar-refractivity contribution in [3.8, 4) is 0 Å². The minimum absolute atomic E-state index is 0.220. The first-order valence-electron chi connectivity index (χ1n) is 4.22. The first-order valence-corrected chi connectivity index (χ1v) is 4.22. The second-order valence-corrected chi connectivity index (χ2v) is 3.31. The predicted octanol–water partition coefficient (Wildman–Crippen LogP) is 0.724. The highest BCUT2D eigenvalue weighted by atomic mass is 15.3. The molecule has 0 aromatic carbocycles. The second kappa shape index (κ2) is 3.72. The van der Waals surface area contributed by atoms with Crippen LogP contribution in [-0.2, 0) is 0 Å². The molecular weight excluding hydrogens is 138 g/mol. The van der Waals surface area contributed by atoms with Crippen LogP contribution in [-0.4, -0.2) is 24.8 Å². The lowest BCUT2D eigenvalue weighted by Crippen LogP contribution is -2.47. The van der Waals surface area contributed by atoms with E-state index in [-0.39, 0.29) is 5.54 Å². The highest BCUT2D eigenvalue weighted by Gasteiger charge is 2.25. The maximum Gasteiger partial charge on any atom is 0.0544 e. The first kappa shape index (κ1) is 8.53. The Morgan fingerprint density at radius 1 is 1.45 bits per heavy atom. The molecule has 1 rings (SSSR count). The summed E-state index contributed by atoms with van der Waals surface area (Å²) in [5.41, 5.74) is 3.40. The summed E-state index contributed by atoms with van der Waals surface area (Å²) in [7, 11) is 0. The number of hydrogen-bond acceptors (Lipinski definition) is 3. The lowest BCUT2D eigenvalue weighted by atomic mass is 9.92. The van der Waals surface area contributed by atoms with Crippen molar-refractivity contribution in [2.75, 3.05) is 13.1 Å². The van der Waals surface area contributed by atoms with Gasteiger partial charge in [0, 0.05) is 6.21 Å².